The van der Waals surface area contributed by atoms with E-state index in [1.165, 1.54) is 0 Å². The maximum absolute atomic E-state index is 0. The van der Waals surface area contributed by atoms with Gasteiger partial charge in [-0.05, 0) is 0 Å². The van der Waals surface area contributed by atoms with Gasteiger partial charge in [-0.15, -0.1) is 0 Å². The van der Waals surface area contributed by atoms with Gasteiger partial charge in [-0.25, -0.2) is 0 Å². The number of hydrogen-bond donors (Lipinski definition) is 0. The Morgan fingerprint density at radius 3 is 0.571 bits per heavy atom. The molecule has 0 aromatic rings. The molecule has 0 rings (SSSR count). The summed E-state index contributed by atoms with van der Waals surface area (Å²) >= 11 is 0. The van der Waals surface area contributed by atoms with Crippen LogP contribution in [0.3, 0.4) is 0 Å². The Bertz CT molecular complexity index is 10.9. The van der Waals surface area contributed by atoms with Gasteiger partial charge in [0.15, 0.2) is 0 Å². The largest absolute Gasteiger partial charge is 2.00 e. The standard InChI is InChI=1S/CH4.CH3.3BrH.2Mg/h1H4;1H3;3*1H;;/q;-1;;;;2*+2/p-3. The molecule has 0 fully saturated rings. The van der Waals surface area contributed by atoms with Crippen LogP contribution in [0.5, 0.6) is 0 Å². The average Bonchev–Trinajstić information content (AvgIpc) is 0. The fourth-order valence-corrected chi connectivity index (χ4v) is 0. The molecule has 0 aliphatic carbocycles. The van der Waals surface area contributed by atoms with Crippen molar-refractivity contribution in [2.24, 2.45) is 0 Å². The molecule has 0 bridgehead atoms. The molecule has 0 N–H and O–H groups in total. The number of rotatable bonds is 0. The van der Waals surface area contributed by atoms with Gasteiger partial charge in [-0.3, -0.25) is 0 Å². The van der Waals surface area contributed by atoms with Crippen LogP contribution in [0, 0.1) is 7.43 Å². The van der Waals surface area contributed by atoms with Gasteiger partial charge >= 0.3 is 46.1 Å². The molecule has 7 heavy (non-hydrogen) atoms. The van der Waals surface area contributed by atoms with E-state index < -0.39 is 0 Å². The minimum Gasteiger partial charge on any atom is -1.00 e. The zero-order chi connectivity index (χ0) is 0. The van der Waals surface area contributed by atoms with Crippen molar-refractivity contribution in [1.82, 2.24) is 0 Å². The van der Waals surface area contributed by atoms with E-state index in [-0.39, 0.29) is 112 Å². The second-order valence-corrected chi connectivity index (χ2v) is 0. The van der Waals surface area contributed by atoms with Gasteiger partial charge in [0, 0.05) is 0 Å². The summed E-state index contributed by atoms with van der Waals surface area (Å²) in [6.45, 7) is 0. The van der Waals surface area contributed by atoms with Crippen molar-refractivity contribution in [1.29, 1.82) is 0 Å². The van der Waals surface area contributed by atoms with E-state index in [1.54, 1.807) is 0 Å². The van der Waals surface area contributed by atoms with Crippen LogP contribution in [-0.4, -0.2) is 46.1 Å². The van der Waals surface area contributed by atoms with Gasteiger partial charge in [0.05, 0.1) is 0 Å². The molecule has 0 amide bonds. The second-order valence-electron chi connectivity index (χ2n) is 0. The number of halogens is 3. The zero-order valence-corrected chi connectivity index (χ0v) is 11.1. The van der Waals surface area contributed by atoms with E-state index >= 15 is 0 Å². The molecule has 5 heteroatoms. The van der Waals surface area contributed by atoms with Crippen LogP contribution in [0.2, 0.25) is 0 Å². The summed E-state index contributed by atoms with van der Waals surface area (Å²) in [5.74, 6) is 0. The zero-order valence-electron chi connectivity index (χ0n) is 3.55. The Balaban J connectivity index is 0. The normalized spacial score (nSPS) is 0. The molecule has 0 aromatic carbocycles. The summed E-state index contributed by atoms with van der Waals surface area (Å²) in [4.78, 5) is 0. The summed E-state index contributed by atoms with van der Waals surface area (Å²) in [7, 11) is 0. The van der Waals surface area contributed by atoms with Crippen LogP contribution in [-0.2, 0) is 0 Å². The monoisotopic (exact) mass is 316 g/mol. The van der Waals surface area contributed by atoms with Crippen molar-refractivity contribution in [2.75, 3.05) is 0 Å². The van der Waals surface area contributed by atoms with E-state index in [9.17, 15) is 0 Å². The van der Waals surface area contributed by atoms with Gasteiger partial charge in [-0.1, -0.05) is 7.43 Å². The van der Waals surface area contributed by atoms with Crippen LogP contribution in [0.4, 0.5) is 0 Å². The first-order valence-electron chi connectivity index (χ1n) is 0. The summed E-state index contributed by atoms with van der Waals surface area (Å²) in [6.07, 6.45) is 0. The van der Waals surface area contributed by atoms with Gasteiger partial charge in [0.2, 0.25) is 0 Å². The smallest absolute Gasteiger partial charge is 1.00 e. The van der Waals surface area contributed by atoms with E-state index in [0.29, 0.717) is 0 Å². The van der Waals surface area contributed by atoms with E-state index in [1.807, 2.05) is 0 Å². The molecule has 0 heterocycles. The van der Waals surface area contributed by atoms with Crippen molar-refractivity contribution in [3.63, 3.8) is 0 Å². The van der Waals surface area contributed by atoms with E-state index in [4.69, 9.17) is 0 Å². The average molecular weight is 319 g/mol. The first-order chi connectivity index (χ1) is 0. The Labute approximate surface area is 110 Å². The van der Waals surface area contributed by atoms with Crippen molar-refractivity contribution < 1.29 is 50.9 Å². The Morgan fingerprint density at radius 2 is 0.571 bits per heavy atom. The quantitative estimate of drug-likeness (QED) is 0.307. The van der Waals surface area contributed by atoms with E-state index in [2.05, 4.69) is 0 Å². The Morgan fingerprint density at radius 1 is 0.571 bits per heavy atom. The van der Waals surface area contributed by atoms with Crippen LogP contribution in [0.1, 0.15) is 7.43 Å². The van der Waals surface area contributed by atoms with Crippen molar-refractivity contribution in [2.45, 2.75) is 7.43 Å². The van der Waals surface area contributed by atoms with Crippen LogP contribution < -0.4 is 50.9 Å². The van der Waals surface area contributed by atoms with Crippen molar-refractivity contribution in [3.05, 3.63) is 7.43 Å². The molecule has 0 saturated heterocycles. The number of hydrogen-bond acceptors (Lipinski definition) is 0. The predicted molar refractivity (Wildman–Crippen MR) is 24.7 cm³/mol. The summed E-state index contributed by atoms with van der Waals surface area (Å²) in [5.41, 5.74) is 0. The first-order valence-corrected chi connectivity index (χ1v) is 0. The molecule has 0 atom stereocenters. The van der Waals surface area contributed by atoms with Gasteiger partial charge in [0.25, 0.3) is 0 Å². The molecule has 0 aliphatic heterocycles. The topological polar surface area (TPSA) is 0 Å². The first kappa shape index (κ1) is 90.9. The molecule has 0 radical (unpaired) electrons. The van der Waals surface area contributed by atoms with Gasteiger partial charge in [0.1, 0.15) is 0 Å². The predicted octanol–water partition coefficient (Wildman–Crippen LogP) is -8.66. The fourth-order valence-electron chi connectivity index (χ4n) is 0. The van der Waals surface area contributed by atoms with Gasteiger partial charge in [-0.2, -0.15) is 0 Å². The molecule has 0 aromatic heterocycles. The molecule has 0 nitrogen and oxygen atoms in total. The third-order valence-corrected chi connectivity index (χ3v) is 0. The van der Waals surface area contributed by atoms with Crippen molar-refractivity contribution in [3.8, 4) is 0 Å². The Hall–Kier alpha value is 2.97. The molecule has 0 unspecified atom stereocenters. The van der Waals surface area contributed by atoms with E-state index in [0.717, 1.165) is 0 Å². The van der Waals surface area contributed by atoms with Crippen LogP contribution in [0.15, 0.2) is 0 Å². The van der Waals surface area contributed by atoms with Crippen molar-refractivity contribution >= 4 is 46.1 Å². The third-order valence-electron chi connectivity index (χ3n) is 0. The minimum atomic E-state index is 0. The SMILES string of the molecule is C.[Br-].[Br-].[Br-].[CH3-].[Mg+2].[Mg+2]. The summed E-state index contributed by atoms with van der Waals surface area (Å²) < 4.78 is 0. The maximum Gasteiger partial charge on any atom is 2.00 e. The molecular weight excluding hydrogens is 312 g/mol. The van der Waals surface area contributed by atoms with Crippen LogP contribution in [0.25, 0.3) is 0 Å². The maximum atomic E-state index is 0. The fraction of sp³-hybridized carbons (Fsp3) is 0.500. The summed E-state index contributed by atoms with van der Waals surface area (Å²) in [6, 6.07) is 0. The van der Waals surface area contributed by atoms with Crippen LogP contribution >= 0.6 is 0 Å². The Kier molecular flexibility index (Phi) is 838. The third kappa shape index (κ3) is 49.4. The molecule has 0 spiro atoms. The molecule has 40 valence electrons. The molecular formula is C2H7Br3Mg2. The van der Waals surface area contributed by atoms with Gasteiger partial charge < -0.3 is 58.4 Å². The second kappa shape index (κ2) is 64.5. The summed E-state index contributed by atoms with van der Waals surface area (Å²) in [5, 5.41) is 0. The molecule has 0 saturated carbocycles. The molecule has 0 aliphatic rings. The minimum absolute atomic E-state index is 0.